The Kier molecular flexibility index (Phi) is 2.77. The molecule has 75 valence electrons. The molecular formula is C13H11FN. The highest BCUT2D eigenvalue weighted by molar-refractivity contribution is 5.28. The van der Waals surface area contributed by atoms with Crippen molar-refractivity contribution in [1.29, 1.82) is 0 Å². The van der Waals surface area contributed by atoms with Crippen LogP contribution in [-0.4, -0.2) is 4.98 Å². The van der Waals surface area contributed by atoms with E-state index in [1.807, 2.05) is 13.0 Å². The molecule has 0 aliphatic carbocycles. The molecule has 0 amide bonds. The fourth-order valence-electron chi connectivity index (χ4n) is 1.48. The van der Waals surface area contributed by atoms with E-state index in [1.54, 1.807) is 24.4 Å². The molecule has 0 aliphatic heterocycles. The minimum Gasteiger partial charge on any atom is -0.261 e. The van der Waals surface area contributed by atoms with Crippen molar-refractivity contribution in [3.8, 4) is 0 Å². The number of benzene rings is 1. The summed E-state index contributed by atoms with van der Waals surface area (Å²) in [4.78, 5) is 4.15. The van der Waals surface area contributed by atoms with E-state index in [-0.39, 0.29) is 5.82 Å². The second-order valence-corrected chi connectivity index (χ2v) is 3.42. The molecule has 1 nitrogen and oxygen atoms in total. The van der Waals surface area contributed by atoms with Gasteiger partial charge in [-0.25, -0.2) is 4.39 Å². The third-order valence-electron chi connectivity index (χ3n) is 2.36. The van der Waals surface area contributed by atoms with E-state index < -0.39 is 0 Å². The summed E-state index contributed by atoms with van der Waals surface area (Å²) in [5, 5.41) is 0. The Bertz CT molecular complexity index is 422. The zero-order chi connectivity index (χ0) is 10.7. The highest BCUT2D eigenvalue weighted by Gasteiger charge is 2.04. The minimum absolute atomic E-state index is 0.172. The van der Waals surface area contributed by atoms with Crippen LogP contribution in [0.1, 0.15) is 16.8 Å². The quantitative estimate of drug-likeness (QED) is 0.726. The van der Waals surface area contributed by atoms with E-state index in [9.17, 15) is 4.39 Å². The van der Waals surface area contributed by atoms with Crippen molar-refractivity contribution in [2.75, 3.05) is 0 Å². The maximum Gasteiger partial charge on any atom is 0.126 e. The summed E-state index contributed by atoms with van der Waals surface area (Å²) in [5.41, 5.74) is 2.54. The topological polar surface area (TPSA) is 12.9 Å². The maximum absolute atomic E-state index is 13.4. The van der Waals surface area contributed by atoms with Crippen LogP contribution >= 0.6 is 0 Å². The van der Waals surface area contributed by atoms with Crippen molar-refractivity contribution < 1.29 is 4.39 Å². The molecule has 0 bridgehead atoms. The second kappa shape index (κ2) is 4.22. The van der Waals surface area contributed by atoms with Crippen molar-refractivity contribution in [2.24, 2.45) is 0 Å². The molecule has 1 radical (unpaired) electrons. The van der Waals surface area contributed by atoms with Gasteiger partial charge in [-0.1, -0.05) is 18.2 Å². The first-order chi connectivity index (χ1) is 7.27. The number of halogens is 1. The molecule has 1 aromatic carbocycles. The van der Waals surface area contributed by atoms with Gasteiger partial charge in [0, 0.05) is 18.3 Å². The Balaban J connectivity index is 2.30. The third-order valence-corrected chi connectivity index (χ3v) is 2.36. The zero-order valence-electron chi connectivity index (χ0n) is 8.50. The van der Waals surface area contributed by atoms with E-state index in [0.717, 1.165) is 11.3 Å². The van der Waals surface area contributed by atoms with Crippen LogP contribution in [0.15, 0.2) is 36.5 Å². The van der Waals surface area contributed by atoms with E-state index in [0.29, 0.717) is 12.0 Å². The van der Waals surface area contributed by atoms with Gasteiger partial charge in [0.1, 0.15) is 5.82 Å². The number of nitrogens with zero attached hydrogens (tertiary/aromatic N) is 1. The maximum atomic E-state index is 13.4. The van der Waals surface area contributed by atoms with Crippen LogP contribution in [-0.2, 0) is 6.42 Å². The van der Waals surface area contributed by atoms with Crippen molar-refractivity contribution in [3.05, 3.63) is 65.2 Å². The molecule has 0 N–H and O–H groups in total. The van der Waals surface area contributed by atoms with Gasteiger partial charge in [0.2, 0.25) is 0 Å². The molecule has 2 heteroatoms. The molecule has 0 saturated heterocycles. The first kappa shape index (κ1) is 9.84. The number of pyridine rings is 1. The van der Waals surface area contributed by atoms with Gasteiger partial charge in [-0.15, -0.1) is 0 Å². The Morgan fingerprint density at radius 1 is 1.33 bits per heavy atom. The predicted octanol–water partition coefficient (Wildman–Crippen LogP) is 2.92. The van der Waals surface area contributed by atoms with Crippen LogP contribution in [0.5, 0.6) is 0 Å². The van der Waals surface area contributed by atoms with E-state index in [2.05, 4.69) is 11.1 Å². The Morgan fingerprint density at radius 3 is 2.87 bits per heavy atom. The lowest BCUT2D eigenvalue weighted by Gasteiger charge is -2.04. The summed E-state index contributed by atoms with van der Waals surface area (Å²) in [7, 11) is 0. The van der Waals surface area contributed by atoms with Gasteiger partial charge in [-0.3, -0.25) is 4.98 Å². The lowest BCUT2D eigenvalue weighted by Crippen LogP contribution is -1.96. The molecule has 1 heterocycles. The molecular weight excluding hydrogens is 189 g/mol. The monoisotopic (exact) mass is 200 g/mol. The summed E-state index contributed by atoms with van der Waals surface area (Å²) in [6, 6.07) is 11.6. The first-order valence-corrected chi connectivity index (χ1v) is 4.83. The number of hydrogen-bond acceptors (Lipinski definition) is 1. The van der Waals surface area contributed by atoms with E-state index in [1.165, 1.54) is 6.07 Å². The second-order valence-electron chi connectivity index (χ2n) is 3.42. The van der Waals surface area contributed by atoms with Gasteiger partial charge >= 0.3 is 0 Å². The Labute approximate surface area is 88.6 Å². The molecule has 0 saturated carbocycles. The highest BCUT2D eigenvalue weighted by atomic mass is 19.1. The average Bonchev–Trinajstić information content (AvgIpc) is 2.24. The molecule has 2 rings (SSSR count). The summed E-state index contributed by atoms with van der Waals surface area (Å²) < 4.78 is 13.4. The Morgan fingerprint density at radius 2 is 2.13 bits per heavy atom. The van der Waals surface area contributed by atoms with Crippen LogP contribution in [0.2, 0.25) is 0 Å². The zero-order valence-corrected chi connectivity index (χ0v) is 8.50. The molecule has 0 unspecified atom stereocenters. The average molecular weight is 200 g/mol. The summed E-state index contributed by atoms with van der Waals surface area (Å²) in [6.07, 6.45) is 2.24. The SMILES string of the molecule is Cc1ncc[c]c1Cc1ccccc1F. The Hall–Kier alpha value is -1.70. The van der Waals surface area contributed by atoms with Crippen LogP contribution in [0.4, 0.5) is 4.39 Å². The van der Waals surface area contributed by atoms with Gasteiger partial charge in [-0.05, 0) is 36.2 Å². The minimum atomic E-state index is -0.172. The fraction of sp³-hybridized carbons (Fsp3) is 0.154. The largest absolute Gasteiger partial charge is 0.261 e. The van der Waals surface area contributed by atoms with Crippen LogP contribution in [0.25, 0.3) is 0 Å². The fourth-order valence-corrected chi connectivity index (χ4v) is 1.48. The lowest BCUT2D eigenvalue weighted by molar-refractivity contribution is 0.613. The number of rotatable bonds is 2. The molecule has 0 aliphatic rings. The van der Waals surface area contributed by atoms with Crippen LogP contribution < -0.4 is 0 Å². The van der Waals surface area contributed by atoms with Gasteiger partial charge < -0.3 is 0 Å². The summed E-state index contributed by atoms with van der Waals surface area (Å²) >= 11 is 0. The molecule has 0 fully saturated rings. The number of hydrogen-bond donors (Lipinski definition) is 0. The predicted molar refractivity (Wildman–Crippen MR) is 57.0 cm³/mol. The van der Waals surface area contributed by atoms with Crippen molar-refractivity contribution in [1.82, 2.24) is 4.98 Å². The van der Waals surface area contributed by atoms with Gasteiger partial charge in [-0.2, -0.15) is 0 Å². The molecule has 0 spiro atoms. The van der Waals surface area contributed by atoms with Crippen LogP contribution in [0, 0.1) is 18.8 Å². The summed E-state index contributed by atoms with van der Waals surface area (Å²) in [5.74, 6) is -0.172. The molecule has 0 atom stereocenters. The molecule has 1 aromatic heterocycles. The lowest BCUT2D eigenvalue weighted by atomic mass is 10.0. The van der Waals surface area contributed by atoms with Gasteiger partial charge in [0.05, 0.1) is 0 Å². The van der Waals surface area contributed by atoms with Crippen molar-refractivity contribution >= 4 is 0 Å². The van der Waals surface area contributed by atoms with Gasteiger partial charge in [0.25, 0.3) is 0 Å². The molecule has 15 heavy (non-hydrogen) atoms. The van der Waals surface area contributed by atoms with Crippen molar-refractivity contribution in [3.63, 3.8) is 0 Å². The normalized spacial score (nSPS) is 10.3. The highest BCUT2D eigenvalue weighted by Crippen LogP contribution is 2.13. The number of aromatic nitrogens is 1. The standard InChI is InChI=1S/C13H11FN/c1-10-11(6-4-8-15-10)9-12-5-2-3-7-13(12)14/h2-5,7-8H,9H2,1H3. The van der Waals surface area contributed by atoms with Gasteiger partial charge in [0.15, 0.2) is 0 Å². The first-order valence-electron chi connectivity index (χ1n) is 4.83. The van der Waals surface area contributed by atoms with Crippen molar-refractivity contribution in [2.45, 2.75) is 13.3 Å². The molecule has 2 aromatic rings. The van der Waals surface area contributed by atoms with E-state index in [4.69, 9.17) is 0 Å². The van der Waals surface area contributed by atoms with E-state index >= 15 is 0 Å². The summed E-state index contributed by atoms with van der Waals surface area (Å²) in [6.45, 7) is 1.91. The number of aryl methyl sites for hydroxylation is 1. The van der Waals surface area contributed by atoms with Crippen LogP contribution in [0.3, 0.4) is 0 Å². The smallest absolute Gasteiger partial charge is 0.126 e. The third kappa shape index (κ3) is 2.21.